The third-order valence-electron chi connectivity index (χ3n) is 5.77. The molecule has 2 aromatic carbocycles. The van der Waals surface area contributed by atoms with Crippen LogP contribution in [0.25, 0.3) is 0 Å². The van der Waals surface area contributed by atoms with Crippen molar-refractivity contribution in [3.63, 3.8) is 0 Å². The number of piperazine rings is 1. The van der Waals surface area contributed by atoms with Gasteiger partial charge in [-0.05, 0) is 30.3 Å². The third kappa shape index (κ3) is 4.39. The van der Waals surface area contributed by atoms with E-state index < -0.39 is 20.6 Å². The number of nitrogens with zero attached hydrogens (tertiary/aromatic N) is 4. The zero-order valence-electron chi connectivity index (χ0n) is 18.3. The Morgan fingerprint density at radius 1 is 1.09 bits per heavy atom. The SMILES string of the molecule is COc1ccc(S(=O)(=O)N2CCN(C(=O)c3cccc(N4CCNC4=O)c3)CC2)cc1[N+](=O)[O-]. The van der Waals surface area contributed by atoms with Crippen molar-refractivity contribution in [3.8, 4) is 5.75 Å². The van der Waals surface area contributed by atoms with Crippen LogP contribution in [-0.2, 0) is 10.0 Å². The number of rotatable bonds is 6. The van der Waals surface area contributed by atoms with Gasteiger partial charge in [-0.3, -0.25) is 19.8 Å². The molecule has 2 aliphatic rings. The lowest BCUT2D eigenvalue weighted by atomic mass is 10.1. The van der Waals surface area contributed by atoms with Gasteiger partial charge in [0.05, 0.1) is 16.9 Å². The van der Waals surface area contributed by atoms with Gasteiger partial charge in [-0.2, -0.15) is 4.31 Å². The first-order chi connectivity index (χ1) is 16.2. The van der Waals surface area contributed by atoms with Crippen molar-refractivity contribution in [1.82, 2.24) is 14.5 Å². The molecule has 12 nitrogen and oxygen atoms in total. The van der Waals surface area contributed by atoms with Crippen molar-refractivity contribution >= 4 is 33.3 Å². The van der Waals surface area contributed by atoms with Crippen molar-refractivity contribution in [2.75, 3.05) is 51.3 Å². The molecule has 0 bridgehead atoms. The molecule has 0 unspecified atom stereocenters. The molecule has 2 saturated heterocycles. The number of nitro groups is 1. The standard InChI is InChI=1S/C21H23N5O7S/c1-33-19-6-5-17(14-18(19)26(29)30)34(31,32)24-11-9-23(10-12-24)20(27)15-3-2-4-16(13-15)25-8-7-22-21(25)28/h2-6,13-14H,7-12H2,1H3,(H,22,28). The second-order valence-electron chi connectivity index (χ2n) is 7.72. The molecule has 1 N–H and O–H groups in total. The fourth-order valence-corrected chi connectivity index (χ4v) is 5.40. The predicted octanol–water partition coefficient (Wildman–Crippen LogP) is 1.28. The summed E-state index contributed by atoms with van der Waals surface area (Å²) in [6.45, 7) is 1.45. The summed E-state index contributed by atoms with van der Waals surface area (Å²) >= 11 is 0. The van der Waals surface area contributed by atoms with E-state index in [9.17, 15) is 28.1 Å². The van der Waals surface area contributed by atoms with E-state index in [0.717, 1.165) is 6.07 Å². The van der Waals surface area contributed by atoms with E-state index in [1.807, 2.05) is 0 Å². The molecule has 2 fully saturated rings. The number of carbonyl (C=O) groups excluding carboxylic acids is 2. The minimum absolute atomic E-state index is 0.0343. The maximum atomic E-state index is 13.0. The number of methoxy groups -OCH3 is 1. The average Bonchev–Trinajstić information content (AvgIpc) is 3.29. The molecule has 0 aromatic heterocycles. The Bertz CT molecular complexity index is 1240. The summed E-state index contributed by atoms with van der Waals surface area (Å²) in [6, 6.07) is 10.0. The topological polar surface area (TPSA) is 142 Å². The minimum Gasteiger partial charge on any atom is -0.490 e. The molecule has 0 aliphatic carbocycles. The van der Waals surface area contributed by atoms with E-state index >= 15 is 0 Å². The van der Waals surface area contributed by atoms with E-state index in [1.165, 1.54) is 23.5 Å². The predicted molar refractivity (Wildman–Crippen MR) is 121 cm³/mol. The second-order valence-corrected chi connectivity index (χ2v) is 9.66. The van der Waals surface area contributed by atoms with Crippen molar-refractivity contribution in [2.45, 2.75) is 4.90 Å². The van der Waals surface area contributed by atoms with Gasteiger partial charge in [0.2, 0.25) is 10.0 Å². The molecule has 0 atom stereocenters. The third-order valence-corrected chi connectivity index (χ3v) is 7.67. The van der Waals surface area contributed by atoms with Gasteiger partial charge in [-0.25, -0.2) is 13.2 Å². The molecule has 3 amide bonds. The number of nitro benzene ring substituents is 1. The molecule has 34 heavy (non-hydrogen) atoms. The van der Waals surface area contributed by atoms with Crippen LogP contribution < -0.4 is 15.0 Å². The number of benzene rings is 2. The summed E-state index contributed by atoms with van der Waals surface area (Å²) in [6.07, 6.45) is 0. The molecule has 0 saturated carbocycles. The minimum atomic E-state index is -4.00. The second kappa shape index (κ2) is 9.27. The Morgan fingerprint density at radius 2 is 1.82 bits per heavy atom. The summed E-state index contributed by atoms with van der Waals surface area (Å²) in [5.41, 5.74) is 0.575. The van der Waals surface area contributed by atoms with E-state index in [2.05, 4.69) is 5.32 Å². The van der Waals surface area contributed by atoms with Crippen molar-refractivity contribution in [2.24, 2.45) is 0 Å². The first kappa shape index (κ1) is 23.4. The highest BCUT2D eigenvalue weighted by atomic mass is 32.2. The van der Waals surface area contributed by atoms with Crippen LogP contribution >= 0.6 is 0 Å². The molecule has 0 spiro atoms. The Labute approximate surface area is 195 Å². The Kier molecular flexibility index (Phi) is 6.39. The van der Waals surface area contributed by atoms with Crippen molar-refractivity contribution in [1.29, 1.82) is 0 Å². The number of hydrogen-bond acceptors (Lipinski definition) is 7. The van der Waals surface area contributed by atoms with Gasteiger partial charge in [0.15, 0.2) is 5.75 Å². The number of nitrogens with one attached hydrogen (secondary N) is 1. The molecular weight excluding hydrogens is 466 g/mol. The molecule has 180 valence electrons. The fourth-order valence-electron chi connectivity index (χ4n) is 3.96. The highest BCUT2D eigenvalue weighted by molar-refractivity contribution is 7.89. The lowest BCUT2D eigenvalue weighted by molar-refractivity contribution is -0.386. The Balaban J connectivity index is 1.46. The summed E-state index contributed by atoms with van der Waals surface area (Å²) in [5.74, 6) is -0.299. The van der Waals surface area contributed by atoms with Gasteiger partial charge in [0.25, 0.3) is 5.91 Å². The smallest absolute Gasteiger partial charge is 0.321 e. The van der Waals surface area contributed by atoms with Gasteiger partial charge in [0, 0.05) is 56.6 Å². The number of amides is 3. The fraction of sp³-hybridized carbons (Fsp3) is 0.333. The lowest BCUT2D eigenvalue weighted by Crippen LogP contribution is -2.50. The molecule has 4 rings (SSSR count). The lowest BCUT2D eigenvalue weighted by Gasteiger charge is -2.34. The van der Waals surface area contributed by atoms with Crippen LogP contribution in [0.5, 0.6) is 5.75 Å². The summed E-state index contributed by atoms with van der Waals surface area (Å²) in [4.78, 5) is 38.4. The number of sulfonamides is 1. The van der Waals surface area contributed by atoms with Crippen molar-refractivity contribution < 1.29 is 27.7 Å². The molecule has 13 heteroatoms. The molecule has 2 aromatic rings. The first-order valence-electron chi connectivity index (χ1n) is 10.5. The van der Waals surface area contributed by atoms with Gasteiger partial charge in [-0.1, -0.05) is 6.07 Å². The van der Waals surface area contributed by atoms with E-state index in [-0.39, 0.29) is 48.8 Å². The van der Waals surface area contributed by atoms with Gasteiger partial charge in [0.1, 0.15) is 0 Å². The zero-order chi connectivity index (χ0) is 24.5. The molecule has 2 heterocycles. The number of hydrogen-bond donors (Lipinski definition) is 1. The molecular formula is C21H23N5O7S. The molecule has 2 aliphatic heterocycles. The van der Waals surface area contributed by atoms with Crippen LogP contribution in [0.3, 0.4) is 0 Å². The van der Waals surface area contributed by atoms with Crippen molar-refractivity contribution in [3.05, 3.63) is 58.1 Å². The number of urea groups is 1. The van der Waals surface area contributed by atoms with Crippen LogP contribution in [0, 0.1) is 10.1 Å². The van der Waals surface area contributed by atoms with E-state index in [1.54, 1.807) is 34.1 Å². The maximum absolute atomic E-state index is 13.0. The number of anilines is 1. The van der Waals surface area contributed by atoms with Gasteiger partial charge < -0.3 is 15.0 Å². The van der Waals surface area contributed by atoms with E-state index in [0.29, 0.717) is 24.3 Å². The number of carbonyl (C=O) groups is 2. The normalized spacial score (nSPS) is 16.9. The highest BCUT2D eigenvalue weighted by Gasteiger charge is 2.32. The first-order valence-corrected chi connectivity index (χ1v) is 11.9. The monoisotopic (exact) mass is 489 g/mol. The van der Waals surface area contributed by atoms with Crippen LogP contribution in [0.2, 0.25) is 0 Å². The maximum Gasteiger partial charge on any atom is 0.321 e. The van der Waals surface area contributed by atoms with Crippen LogP contribution in [0.4, 0.5) is 16.2 Å². The Morgan fingerprint density at radius 3 is 2.44 bits per heavy atom. The van der Waals surface area contributed by atoms with Gasteiger partial charge >= 0.3 is 11.7 Å². The highest BCUT2D eigenvalue weighted by Crippen LogP contribution is 2.31. The van der Waals surface area contributed by atoms with Crippen LogP contribution in [-0.4, -0.2) is 80.9 Å². The number of ether oxygens (including phenoxy) is 1. The van der Waals surface area contributed by atoms with Crippen LogP contribution in [0.15, 0.2) is 47.4 Å². The summed E-state index contributed by atoms with van der Waals surface area (Å²) in [5, 5.41) is 14.0. The van der Waals surface area contributed by atoms with Gasteiger partial charge in [-0.15, -0.1) is 0 Å². The Hall–Kier alpha value is -3.71. The van der Waals surface area contributed by atoms with E-state index in [4.69, 9.17) is 4.74 Å². The molecule has 0 radical (unpaired) electrons. The summed E-state index contributed by atoms with van der Waals surface area (Å²) in [7, 11) is -2.73. The average molecular weight is 490 g/mol. The quantitative estimate of drug-likeness (QED) is 0.476. The zero-order valence-corrected chi connectivity index (χ0v) is 19.2. The summed E-state index contributed by atoms with van der Waals surface area (Å²) < 4.78 is 32.2. The largest absolute Gasteiger partial charge is 0.490 e. The van der Waals surface area contributed by atoms with Crippen LogP contribution in [0.1, 0.15) is 10.4 Å².